The second-order valence-electron chi connectivity index (χ2n) is 3.48. The molecule has 0 saturated carbocycles. The van der Waals surface area contributed by atoms with Crippen molar-refractivity contribution in [2.24, 2.45) is 7.05 Å². The lowest BCUT2D eigenvalue weighted by Gasteiger charge is -2.08. The third kappa shape index (κ3) is 2.82. The van der Waals surface area contributed by atoms with Crippen LogP contribution in [0.4, 0.5) is 0 Å². The SMILES string of the molecule is CCc1nn(C)c(COC(C)C(=O)O)c1Br. The van der Waals surface area contributed by atoms with E-state index in [0.717, 1.165) is 22.3 Å². The Morgan fingerprint density at radius 1 is 1.69 bits per heavy atom. The molecule has 90 valence electrons. The minimum Gasteiger partial charge on any atom is -0.479 e. The number of ether oxygens (including phenoxy) is 1. The predicted octanol–water partition coefficient (Wildman–Crippen LogP) is 1.73. The molecule has 0 amide bonds. The van der Waals surface area contributed by atoms with E-state index < -0.39 is 12.1 Å². The van der Waals surface area contributed by atoms with Crippen LogP contribution in [0.15, 0.2) is 4.47 Å². The van der Waals surface area contributed by atoms with E-state index in [1.165, 1.54) is 6.92 Å². The van der Waals surface area contributed by atoms with Crippen LogP contribution in [0.5, 0.6) is 0 Å². The van der Waals surface area contributed by atoms with Crippen molar-refractivity contribution < 1.29 is 14.6 Å². The number of aryl methyl sites for hydroxylation is 2. The molecular formula is C10H15BrN2O3. The number of aliphatic carboxylic acids is 1. The minimum absolute atomic E-state index is 0.234. The van der Waals surface area contributed by atoms with E-state index in [1.54, 1.807) is 4.68 Å². The fraction of sp³-hybridized carbons (Fsp3) is 0.600. The molecule has 0 aliphatic rings. The number of nitrogens with zero attached hydrogens (tertiary/aromatic N) is 2. The molecule has 1 heterocycles. The lowest BCUT2D eigenvalue weighted by molar-refractivity contribution is -0.150. The quantitative estimate of drug-likeness (QED) is 0.897. The second kappa shape index (κ2) is 5.45. The molecule has 0 saturated heterocycles. The third-order valence-electron chi connectivity index (χ3n) is 2.32. The first-order valence-electron chi connectivity index (χ1n) is 5.02. The first kappa shape index (κ1) is 13.2. The Kier molecular flexibility index (Phi) is 4.49. The number of carbonyl (C=O) groups is 1. The van der Waals surface area contributed by atoms with Crippen LogP contribution in [0.3, 0.4) is 0 Å². The Morgan fingerprint density at radius 2 is 2.31 bits per heavy atom. The Bertz CT molecular complexity index is 390. The van der Waals surface area contributed by atoms with Gasteiger partial charge in [-0.05, 0) is 29.3 Å². The molecule has 1 aromatic rings. The molecule has 1 atom stereocenters. The number of carboxylic acid groups (broad SMARTS) is 1. The number of hydrogen-bond donors (Lipinski definition) is 1. The summed E-state index contributed by atoms with van der Waals surface area (Å²) in [6.45, 7) is 3.75. The summed E-state index contributed by atoms with van der Waals surface area (Å²) in [5, 5.41) is 13.0. The molecule has 0 aromatic carbocycles. The first-order chi connectivity index (χ1) is 7.47. The van der Waals surface area contributed by atoms with Gasteiger partial charge in [0, 0.05) is 7.05 Å². The van der Waals surface area contributed by atoms with Gasteiger partial charge < -0.3 is 9.84 Å². The lowest BCUT2D eigenvalue weighted by atomic mass is 10.3. The number of carboxylic acids is 1. The van der Waals surface area contributed by atoms with Crippen molar-refractivity contribution in [3.05, 3.63) is 15.9 Å². The summed E-state index contributed by atoms with van der Waals surface area (Å²) in [6.07, 6.45) is 0.00925. The van der Waals surface area contributed by atoms with E-state index in [0.29, 0.717) is 0 Å². The summed E-state index contributed by atoms with van der Waals surface area (Å²) in [4.78, 5) is 10.6. The van der Waals surface area contributed by atoms with Crippen molar-refractivity contribution in [2.45, 2.75) is 33.0 Å². The maximum atomic E-state index is 10.6. The maximum absolute atomic E-state index is 10.6. The Labute approximate surface area is 103 Å². The Morgan fingerprint density at radius 3 is 2.75 bits per heavy atom. The van der Waals surface area contributed by atoms with E-state index >= 15 is 0 Å². The zero-order chi connectivity index (χ0) is 12.3. The van der Waals surface area contributed by atoms with E-state index in [-0.39, 0.29) is 6.61 Å². The summed E-state index contributed by atoms with van der Waals surface area (Å²) in [5.41, 5.74) is 1.80. The molecule has 0 fully saturated rings. The summed E-state index contributed by atoms with van der Waals surface area (Å²) < 4.78 is 7.82. The second-order valence-corrected chi connectivity index (χ2v) is 4.27. The average molecular weight is 291 g/mol. The number of hydrogen-bond acceptors (Lipinski definition) is 3. The Balaban J connectivity index is 2.74. The zero-order valence-corrected chi connectivity index (χ0v) is 11.1. The predicted molar refractivity (Wildman–Crippen MR) is 62.2 cm³/mol. The number of rotatable bonds is 5. The van der Waals surface area contributed by atoms with Gasteiger partial charge in [-0.1, -0.05) is 6.92 Å². The smallest absolute Gasteiger partial charge is 0.332 e. The number of aromatic nitrogens is 2. The van der Waals surface area contributed by atoms with Gasteiger partial charge in [-0.25, -0.2) is 4.79 Å². The molecule has 16 heavy (non-hydrogen) atoms. The zero-order valence-electron chi connectivity index (χ0n) is 9.53. The highest BCUT2D eigenvalue weighted by Gasteiger charge is 2.16. The molecular weight excluding hydrogens is 276 g/mol. The normalized spacial score (nSPS) is 12.8. The summed E-state index contributed by atoms with van der Waals surface area (Å²) in [5.74, 6) is -0.964. The van der Waals surface area contributed by atoms with Crippen molar-refractivity contribution in [3.8, 4) is 0 Å². The van der Waals surface area contributed by atoms with E-state index in [2.05, 4.69) is 21.0 Å². The van der Waals surface area contributed by atoms with Crippen molar-refractivity contribution >= 4 is 21.9 Å². The fourth-order valence-electron chi connectivity index (χ4n) is 1.25. The molecule has 1 unspecified atom stereocenters. The van der Waals surface area contributed by atoms with Crippen molar-refractivity contribution in [1.82, 2.24) is 9.78 Å². The maximum Gasteiger partial charge on any atom is 0.332 e. The summed E-state index contributed by atoms with van der Waals surface area (Å²) in [7, 11) is 1.81. The van der Waals surface area contributed by atoms with Crippen LogP contribution in [0, 0.1) is 0 Å². The van der Waals surface area contributed by atoms with Crippen LogP contribution in [-0.4, -0.2) is 27.0 Å². The highest BCUT2D eigenvalue weighted by Crippen LogP contribution is 2.22. The molecule has 5 nitrogen and oxygen atoms in total. The molecule has 1 rings (SSSR count). The molecule has 1 N–H and O–H groups in total. The van der Waals surface area contributed by atoms with Gasteiger partial charge in [0.05, 0.1) is 22.5 Å². The standard InChI is InChI=1S/C10H15BrN2O3/c1-4-7-9(11)8(13(3)12-7)5-16-6(2)10(14)15/h6H,4-5H2,1-3H3,(H,14,15). The van der Waals surface area contributed by atoms with E-state index in [4.69, 9.17) is 9.84 Å². The van der Waals surface area contributed by atoms with Crippen molar-refractivity contribution in [1.29, 1.82) is 0 Å². The molecule has 1 aromatic heterocycles. The van der Waals surface area contributed by atoms with Crippen LogP contribution in [-0.2, 0) is 29.6 Å². The minimum atomic E-state index is -0.964. The highest BCUT2D eigenvalue weighted by molar-refractivity contribution is 9.10. The van der Waals surface area contributed by atoms with Gasteiger partial charge in [0.25, 0.3) is 0 Å². The molecule has 0 spiro atoms. The average Bonchev–Trinajstić information content (AvgIpc) is 2.51. The Hall–Kier alpha value is -0.880. The van der Waals surface area contributed by atoms with Crippen LogP contribution < -0.4 is 0 Å². The van der Waals surface area contributed by atoms with Crippen molar-refractivity contribution in [3.63, 3.8) is 0 Å². The summed E-state index contributed by atoms with van der Waals surface area (Å²) >= 11 is 3.44. The van der Waals surface area contributed by atoms with Gasteiger partial charge in [-0.3, -0.25) is 4.68 Å². The lowest BCUT2D eigenvalue weighted by Crippen LogP contribution is -2.20. The fourth-order valence-corrected chi connectivity index (χ4v) is 1.98. The van der Waals surface area contributed by atoms with Crippen LogP contribution in [0.25, 0.3) is 0 Å². The molecule has 0 radical (unpaired) electrons. The third-order valence-corrected chi connectivity index (χ3v) is 3.24. The summed E-state index contributed by atoms with van der Waals surface area (Å²) in [6, 6.07) is 0. The van der Waals surface area contributed by atoms with Gasteiger partial charge in [0.15, 0.2) is 6.10 Å². The van der Waals surface area contributed by atoms with Crippen LogP contribution >= 0.6 is 15.9 Å². The first-order valence-corrected chi connectivity index (χ1v) is 5.81. The molecule has 0 aliphatic heterocycles. The van der Waals surface area contributed by atoms with E-state index in [1.807, 2.05) is 14.0 Å². The molecule has 6 heteroatoms. The topological polar surface area (TPSA) is 64.4 Å². The largest absolute Gasteiger partial charge is 0.479 e. The van der Waals surface area contributed by atoms with Crippen LogP contribution in [0.1, 0.15) is 25.2 Å². The highest BCUT2D eigenvalue weighted by atomic mass is 79.9. The monoisotopic (exact) mass is 290 g/mol. The van der Waals surface area contributed by atoms with Gasteiger partial charge in [-0.2, -0.15) is 5.10 Å². The van der Waals surface area contributed by atoms with Gasteiger partial charge in [0.1, 0.15) is 0 Å². The van der Waals surface area contributed by atoms with Gasteiger partial charge >= 0.3 is 5.97 Å². The van der Waals surface area contributed by atoms with Crippen molar-refractivity contribution in [2.75, 3.05) is 0 Å². The molecule has 0 aliphatic carbocycles. The van der Waals surface area contributed by atoms with E-state index in [9.17, 15) is 4.79 Å². The number of halogens is 1. The van der Waals surface area contributed by atoms with Crippen LogP contribution in [0.2, 0.25) is 0 Å². The van der Waals surface area contributed by atoms with Gasteiger partial charge in [-0.15, -0.1) is 0 Å². The molecule has 0 bridgehead atoms. The van der Waals surface area contributed by atoms with Gasteiger partial charge in [0.2, 0.25) is 0 Å².